The van der Waals surface area contributed by atoms with Crippen LogP contribution in [-0.2, 0) is 16.1 Å². The van der Waals surface area contributed by atoms with Gasteiger partial charge >= 0.3 is 0 Å². The second-order valence-corrected chi connectivity index (χ2v) is 5.82. The number of benzene rings is 1. The van der Waals surface area contributed by atoms with Crippen LogP contribution in [0.1, 0.15) is 12.0 Å². The molecule has 1 amide bonds. The van der Waals surface area contributed by atoms with Crippen molar-refractivity contribution in [3.8, 4) is 0 Å². The lowest BCUT2D eigenvalue weighted by Gasteiger charge is -2.26. The quantitative estimate of drug-likeness (QED) is 0.876. The van der Waals surface area contributed by atoms with Gasteiger partial charge in [0, 0.05) is 31.8 Å². The Hall–Kier alpha value is -1.69. The molecular weight excluding hydrogens is 314 g/mol. The van der Waals surface area contributed by atoms with Crippen LogP contribution >= 0.6 is 12.4 Å². The van der Waals surface area contributed by atoms with E-state index in [4.69, 9.17) is 4.74 Å². The maximum absolute atomic E-state index is 12.6. The molecule has 1 aromatic heterocycles. The number of para-hydroxylation sites is 1. The molecule has 0 bridgehead atoms. The highest BCUT2D eigenvalue weighted by molar-refractivity contribution is 5.85. The van der Waals surface area contributed by atoms with Crippen molar-refractivity contribution in [2.24, 2.45) is 5.41 Å². The van der Waals surface area contributed by atoms with E-state index >= 15 is 0 Å². The lowest BCUT2D eigenvalue weighted by atomic mass is 9.87. The summed E-state index contributed by atoms with van der Waals surface area (Å²) < 4.78 is 5.26. The lowest BCUT2D eigenvalue weighted by Crippen LogP contribution is -2.45. The minimum atomic E-state index is -0.452. The molecule has 0 radical (unpaired) electrons. The van der Waals surface area contributed by atoms with E-state index in [0.717, 1.165) is 29.4 Å². The summed E-state index contributed by atoms with van der Waals surface area (Å²) in [5.74, 6) is 0.0484. The molecule has 0 spiro atoms. The van der Waals surface area contributed by atoms with E-state index in [1.807, 2.05) is 30.3 Å². The summed E-state index contributed by atoms with van der Waals surface area (Å²) in [4.78, 5) is 17.0. The number of hydrogen-bond acceptors (Lipinski definition) is 4. The molecule has 6 heteroatoms. The van der Waals surface area contributed by atoms with E-state index in [1.165, 1.54) is 0 Å². The molecule has 2 aromatic rings. The molecule has 124 valence electrons. The fourth-order valence-corrected chi connectivity index (χ4v) is 3.08. The van der Waals surface area contributed by atoms with Gasteiger partial charge in [-0.05, 0) is 24.6 Å². The summed E-state index contributed by atoms with van der Waals surface area (Å²) in [6.45, 7) is 2.45. The number of hydrogen-bond donors (Lipinski definition) is 2. The van der Waals surface area contributed by atoms with Crippen molar-refractivity contribution in [1.82, 2.24) is 15.6 Å². The van der Waals surface area contributed by atoms with Crippen molar-refractivity contribution >= 4 is 29.2 Å². The topological polar surface area (TPSA) is 63.2 Å². The van der Waals surface area contributed by atoms with E-state index in [9.17, 15) is 4.79 Å². The van der Waals surface area contributed by atoms with E-state index < -0.39 is 5.41 Å². The summed E-state index contributed by atoms with van der Waals surface area (Å²) in [7, 11) is 1.64. The van der Waals surface area contributed by atoms with Crippen molar-refractivity contribution in [2.75, 3.05) is 26.8 Å². The van der Waals surface area contributed by atoms with Crippen LogP contribution in [0, 0.1) is 5.41 Å². The molecule has 1 fully saturated rings. The fraction of sp³-hybridized carbons (Fsp3) is 0.412. The maximum atomic E-state index is 12.6. The third kappa shape index (κ3) is 3.63. The van der Waals surface area contributed by atoms with Gasteiger partial charge in [0.15, 0.2) is 0 Å². The highest BCUT2D eigenvalue weighted by Crippen LogP contribution is 2.26. The predicted octanol–water partition coefficient (Wildman–Crippen LogP) is 1.90. The second kappa shape index (κ2) is 7.73. The maximum Gasteiger partial charge on any atom is 0.230 e. The highest BCUT2D eigenvalue weighted by Gasteiger charge is 2.41. The Balaban J connectivity index is 0.00000192. The molecule has 1 unspecified atom stereocenters. The van der Waals surface area contributed by atoms with Crippen LogP contribution in [0.2, 0.25) is 0 Å². The van der Waals surface area contributed by atoms with Crippen LogP contribution < -0.4 is 10.6 Å². The van der Waals surface area contributed by atoms with Gasteiger partial charge in [-0.15, -0.1) is 12.4 Å². The monoisotopic (exact) mass is 335 g/mol. The van der Waals surface area contributed by atoms with Crippen molar-refractivity contribution in [3.05, 3.63) is 42.1 Å². The molecule has 0 saturated carbocycles. The Bertz CT molecular complexity index is 666. The fourth-order valence-electron chi connectivity index (χ4n) is 3.08. The van der Waals surface area contributed by atoms with Crippen LogP contribution in [0.5, 0.6) is 0 Å². The minimum Gasteiger partial charge on any atom is -0.384 e. The Morgan fingerprint density at radius 1 is 1.39 bits per heavy atom. The minimum absolute atomic E-state index is 0. The van der Waals surface area contributed by atoms with Gasteiger partial charge in [0.2, 0.25) is 5.91 Å². The van der Waals surface area contributed by atoms with Crippen molar-refractivity contribution in [3.63, 3.8) is 0 Å². The zero-order chi connectivity index (χ0) is 15.4. The average molecular weight is 336 g/mol. The number of carbonyl (C=O) groups excluding carboxylic acids is 1. The van der Waals surface area contributed by atoms with Crippen LogP contribution in [0.3, 0.4) is 0 Å². The van der Waals surface area contributed by atoms with Crippen LogP contribution in [0.15, 0.2) is 36.5 Å². The summed E-state index contributed by atoms with van der Waals surface area (Å²) in [5, 5.41) is 7.40. The lowest BCUT2D eigenvalue weighted by molar-refractivity contribution is -0.133. The Labute approximate surface area is 142 Å². The van der Waals surface area contributed by atoms with Gasteiger partial charge in [0.25, 0.3) is 0 Å². The number of pyridine rings is 1. The average Bonchev–Trinajstić information content (AvgIpc) is 3.03. The van der Waals surface area contributed by atoms with Gasteiger partial charge in [-0.2, -0.15) is 0 Å². The summed E-state index contributed by atoms with van der Waals surface area (Å²) in [6, 6.07) is 9.98. The van der Waals surface area contributed by atoms with E-state index in [0.29, 0.717) is 19.7 Å². The summed E-state index contributed by atoms with van der Waals surface area (Å²) in [5.41, 5.74) is 1.52. The number of halogens is 1. The second-order valence-electron chi connectivity index (χ2n) is 5.82. The molecule has 1 saturated heterocycles. The first-order chi connectivity index (χ1) is 10.7. The van der Waals surface area contributed by atoms with Gasteiger partial charge in [-0.1, -0.05) is 24.3 Å². The number of ether oxygens (including phenoxy) is 1. The van der Waals surface area contributed by atoms with E-state index in [1.54, 1.807) is 13.3 Å². The molecule has 1 aliphatic heterocycles. The van der Waals surface area contributed by atoms with Gasteiger partial charge in [-0.25, -0.2) is 0 Å². The van der Waals surface area contributed by atoms with Crippen LogP contribution in [0.4, 0.5) is 0 Å². The molecule has 23 heavy (non-hydrogen) atoms. The smallest absolute Gasteiger partial charge is 0.230 e. The van der Waals surface area contributed by atoms with Crippen molar-refractivity contribution in [2.45, 2.75) is 13.0 Å². The third-order valence-corrected chi connectivity index (χ3v) is 4.30. The number of aromatic nitrogens is 1. The Morgan fingerprint density at radius 2 is 2.22 bits per heavy atom. The molecule has 2 heterocycles. The van der Waals surface area contributed by atoms with Crippen LogP contribution in [-0.4, -0.2) is 37.7 Å². The highest BCUT2D eigenvalue weighted by atomic mass is 35.5. The SMILES string of the molecule is COCC1(C(=O)NCc2cccc3cccnc23)CCNC1.Cl. The molecule has 3 rings (SSSR count). The number of carbonyl (C=O) groups is 1. The Kier molecular flexibility index (Phi) is 5.93. The molecule has 0 aliphatic carbocycles. The first-order valence-corrected chi connectivity index (χ1v) is 7.56. The largest absolute Gasteiger partial charge is 0.384 e. The molecule has 5 nitrogen and oxygen atoms in total. The van der Waals surface area contributed by atoms with E-state index in [-0.39, 0.29) is 18.3 Å². The standard InChI is InChI=1S/C17H21N3O2.ClH/c1-22-12-17(7-9-18-11-17)16(21)20-10-14-5-2-4-13-6-3-8-19-15(13)14;/h2-6,8,18H,7,9-12H2,1H3,(H,20,21);1H. The van der Waals surface area contributed by atoms with Gasteiger partial charge < -0.3 is 15.4 Å². The predicted molar refractivity (Wildman–Crippen MR) is 92.6 cm³/mol. The number of nitrogens with zero attached hydrogens (tertiary/aromatic N) is 1. The number of methoxy groups -OCH3 is 1. The molecule has 2 N–H and O–H groups in total. The zero-order valence-electron chi connectivity index (χ0n) is 13.2. The van der Waals surface area contributed by atoms with Crippen molar-refractivity contribution < 1.29 is 9.53 Å². The number of fused-ring (bicyclic) bond motifs is 1. The van der Waals surface area contributed by atoms with Gasteiger partial charge in [-0.3, -0.25) is 9.78 Å². The van der Waals surface area contributed by atoms with Crippen LogP contribution in [0.25, 0.3) is 10.9 Å². The molecule has 1 atom stereocenters. The summed E-state index contributed by atoms with van der Waals surface area (Å²) in [6.07, 6.45) is 2.58. The van der Waals surface area contributed by atoms with Crippen molar-refractivity contribution in [1.29, 1.82) is 0 Å². The zero-order valence-corrected chi connectivity index (χ0v) is 14.0. The third-order valence-electron chi connectivity index (χ3n) is 4.30. The number of nitrogens with one attached hydrogen (secondary N) is 2. The number of amides is 1. The van der Waals surface area contributed by atoms with Gasteiger partial charge in [0.05, 0.1) is 17.5 Å². The normalized spacial score (nSPS) is 20.2. The van der Waals surface area contributed by atoms with E-state index in [2.05, 4.69) is 15.6 Å². The number of rotatable bonds is 5. The first kappa shape index (κ1) is 17.7. The molecule has 1 aromatic carbocycles. The van der Waals surface area contributed by atoms with Gasteiger partial charge in [0.1, 0.15) is 0 Å². The first-order valence-electron chi connectivity index (χ1n) is 7.56. The molecule has 1 aliphatic rings. The molecular formula is C17H22ClN3O2. The Morgan fingerprint density at radius 3 is 2.96 bits per heavy atom. The summed E-state index contributed by atoms with van der Waals surface area (Å²) >= 11 is 0.